The van der Waals surface area contributed by atoms with E-state index in [0.29, 0.717) is 0 Å². The van der Waals surface area contributed by atoms with Crippen LogP contribution < -0.4 is 0 Å². The van der Waals surface area contributed by atoms with Crippen molar-refractivity contribution in [1.82, 2.24) is 5.06 Å². The van der Waals surface area contributed by atoms with Crippen LogP contribution in [-0.4, -0.2) is 46.8 Å². The standard InChI is InChI=1S/C11H19NO6/c1-5-16-9(14)7-6-8(13)18-12(7)10(15)17-11(2,3)4/h7-8,13H,5-6H2,1-4H3/t7-,8-/m0/s1. The molecule has 1 N–H and O–H groups in total. The number of hydrogen-bond donors (Lipinski definition) is 1. The van der Waals surface area contributed by atoms with E-state index < -0.39 is 30.0 Å². The van der Waals surface area contributed by atoms with Crippen LogP contribution in [0.1, 0.15) is 34.1 Å². The van der Waals surface area contributed by atoms with Crippen molar-refractivity contribution < 1.29 is 29.0 Å². The molecule has 0 aromatic rings. The number of rotatable bonds is 2. The smallest absolute Gasteiger partial charge is 0.435 e. The summed E-state index contributed by atoms with van der Waals surface area (Å²) in [5, 5.41) is 10.1. The van der Waals surface area contributed by atoms with Gasteiger partial charge < -0.3 is 14.6 Å². The van der Waals surface area contributed by atoms with Crippen LogP contribution in [0.5, 0.6) is 0 Å². The fraction of sp³-hybridized carbons (Fsp3) is 0.818. The molecular weight excluding hydrogens is 242 g/mol. The molecule has 0 unspecified atom stereocenters. The molecule has 7 nitrogen and oxygen atoms in total. The van der Waals surface area contributed by atoms with E-state index in [0.717, 1.165) is 5.06 Å². The van der Waals surface area contributed by atoms with Gasteiger partial charge in [-0.25, -0.2) is 14.4 Å². The van der Waals surface area contributed by atoms with E-state index in [4.69, 9.17) is 14.3 Å². The lowest BCUT2D eigenvalue weighted by molar-refractivity contribution is -0.210. The summed E-state index contributed by atoms with van der Waals surface area (Å²) in [4.78, 5) is 28.3. The van der Waals surface area contributed by atoms with E-state index in [9.17, 15) is 14.7 Å². The molecule has 0 aromatic heterocycles. The Morgan fingerprint density at radius 1 is 1.44 bits per heavy atom. The molecular formula is C11H19NO6. The summed E-state index contributed by atoms with van der Waals surface area (Å²) in [7, 11) is 0. The molecule has 1 heterocycles. The van der Waals surface area contributed by atoms with Gasteiger partial charge in [0.25, 0.3) is 0 Å². The van der Waals surface area contributed by atoms with E-state index >= 15 is 0 Å². The Labute approximate surface area is 106 Å². The molecule has 0 bridgehead atoms. The van der Waals surface area contributed by atoms with Gasteiger partial charge in [0.05, 0.1) is 6.61 Å². The second kappa shape index (κ2) is 5.53. The van der Waals surface area contributed by atoms with Gasteiger partial charge in [0.15, 0.2) is 12.3 Å². The summed E-state index contributed by atoms with van der Waals surface area (Å²) in [5.41, 5.74) is -0.715. The first-order valence-electron chi connectivity index (χ1n) is 5.78. The minimum atomic E-state index is -1.22. The lowest BCUT2D eigenvalue weighted by Gasteiger charge is -2.25. The first kappa shape index (κ1) is 14.7. The number of carbonyl (C=O) groups excluding carboxylic acids is 2. The van der Waals surface area contributed by atoms with Crippen LogP contribution in [0.2, 0.25) is 0 Å². The molecule has 0 aliphatic carbocycles. The van der Waals surface area contributed by atoms with Crippen molar-refractivity contribution in [2.75, 3.05) is 6.61 Å². The molecule has 0 spiro atoms. The molecule has 0 radical (unpaired) electrons. The maximum absolute atomic E-state index is 11.8. The Hall–Kier alpha value is -1.34. The Balaban J connectivity index is 2.72. The van der Waals surface area contributed by atoms with Crippen molar-refractivity contribution in [1.29, 1.82) is 0 Å². The minimum Gasteiger partial charge on any atom is -0.464 e. The van der Waals surface area contributed by atoms with Gasteiger partial charge in [-0.15, -0.1) is 0 Å². The average molecular weight is 261 g/mol. The lowest BCUT2D eigenvalue weighted by Crippen LogP contribution is -2.43. The van der Waals surface area contributed by atoms with Crippen LogP contribution in [0.15, 0.2) is 0 Å². The number of hydrogen-bond acceptors (Lipinski definition) is 6. The van der Waals surface area contributed by atoms with Gasteiger partial charge in [-0.3, -0.25) is 0 Å². The lowest BCUT2D eigenvalue weighted by atomic mass is 10.2. The first-order chi connectivity index (χ1) is 8.24. The minimum absolute atomic E-state index is 0.0297. The van der Waals surface area contributed by atoms with Crippen LogP contribution >= 0.6 is 0 Å². The highest BCUT2D eigenvalue weighted by Crippen LogP contribution is 2.23. The maximum atomic E-state index is 11.8. The van der Waals surface area contributed by atoms with Gasteiger partial charge in [0.1, 0.15) is 5.60 Å². The van der Waals surface area contributed by atoms with Crippen molar-refractivity contribution in [3.8, 4) is 0 Å². The predicted molar refractivity (Wildman–Crippen MR) is 60.2 cm³/mol. The Kier molecular flexibility index (Phi) is 4.53. The Morgan fingerprint density at radius 3 is 2.56 bits per heavy atom. The Morgan fingerprint density at radius 2 is 2.06 bits per heavy atom. The predicted octanol–water partition coefficient (Wildman–Crippen LogP) is 0.809. The van der Waals surface area contributed by atoms with Gasteiger partial charge in [0, 0.05) is 6.42 Å². The van der Waals surface area contributed by atoms with Gasteiger partial charge in [-0.2, -0.15) is 5.06 Å². The number of ether oxygens (including phenoxy) is 2. The number of aliphatic hydroxyl groups excluding tert-OH is 1. The fourth-order valence-corrected chi connectivity index (χ4v) is 1.44. The zero-order valence-electron chi connectivity index (χ0n) is 11.0. The molecule has 1 amide bonds. The number of amides is 1. The van der Waals surface area contributed by atoms with Crippen molar-refractivity contribution in [3.05, 3.63) is 0 Å². The fourth-order valence-electron chi connectivity index (χ4n) is 1.44. The summed E-state index contributed by atoms with van der Waals surface area (Å²) in [6, 6.07) is -0.977. The first-order valence-corrected chi connectivity index (χ1v) is 5.78. The highest BCUT2D eigenvalue weighted by molar-refractivity contribution is 5.81. The molecule has 1 saturated heterocycles. The summed E-state index contributed by atoms with van der Waals surface area (Å²) >= 11 is 0. The van der Waals surface area contributed by atoms with Crippen LogP contribution in [0.4, 0.5) is 4.79 Å². The van der Waals surface area contributed by atoms with Gasteiger partial charge in [-0.05, 0) is 27.7 Å². The quantitative estimate of drug-likeness (QED) is 0.740. The van der Waals surface area contributed by atoms with Crippen molar-refractivity contribution in [2.45, 2.75) is 52.0 Å². The number of esters is 1. The molecule has 2 atom stereocenters. The number of hydroxylamine groups is 2. The van der Waals surface area contributed by atoms with E-state index in [-0.39, 0.29) is 13.0 Å². The molecule has 1 fully saturated rings. The maximum Gasteiger partial charge on any atom is 0.435 e. The van der Waals surface area contributed by atoms with Crippen molar-refractivity contribution in [2.24, 2.45) is 0 Å². The third kappa shape index (κ3) is 3.85. The highest BCUT2D eigenvalue weighted by atomic mass is 16.8. The summed E-state index contributed by atoms with van der Waals surface area (Å²) in [6.07, 6.45) is -2.07. The van der Waals surface area contributed by atoms with Crippen LogP contribution in [0, 0.1) is 0 Å². The molecule has 0 saturated carbocycles. The zero-order valence-corrected chi connectivity index (χ0v) is 11.0. The molecule has 104 valence electrons. The highest BCUT2D eigenvalue weighted by Gasteiger charge is 2.43. The second-order valence-corrected chi connectivity index (χ2v) is 4.87. The molecule has 18 heavy (non-hydrogen) atoms. The van der Waals surface area contributed by atoms with Gasteiger partial charge >= 0.3 is 12.1 Å². The molecule has 1 aliphatic rings. The largest absolute Gasteiger partial charge is 0.464 e. The summed E-state index contributed by atoms with van der Waals surface area (Å²) < 4.78 is 9.88. The number of nitrogens with zero attached hydrogens (tertiary/aromatic N) is 1. The molecule has 1 rings (SSSR count). The average Bonchev–Trinajstić information content (AvgIpc) is 2.58. The van der Waals surface area contributed by atoms with E-state index in [1.807, 2.05) is 0 Å². The zero-order chi connectivity index (χ0) is 13.9. The molecule has 1 aliphatic heterocycles. The van der Waals surface area contributed by atoms with Crippen LogP contribution in [0.3, 0.4) is 0 Å². The van der Waals surface area contributed by atoms with Crippen LogP contribution in [-0.2, 0) is 19.1 Å². The van der Waals surface area contributed by atoms with Crippen molar-refractivity contribution in [3.63, 3.8) is 0 Å². The molecule has 7 heteroatoms. The Bertz CT molecular complexity index is 324. The van der Waals surface area contributed by atoms with Crippen LogP contribution in [0.25, 0.3) is 0 Å². The second-order valence-electron chi connectivity index (χ2n) is 4.87. The third-order valence-corrected chi connectivity index (χ3v) is 2.08. The molecule has 0 aromatic carbocycles. The summed E-state index contributed by atoms with van der Waals surface area (Å²) in [6.45, 7) is 6.92. The number of carbonyl (C=O) groups is 2. The van der Waals surface area contributed by atoms with E-state index in [2.05, 4.69) is 0 Å². The van der Waals surface area contributed by atoms with Gasteiger partial charge in [0.2, 0.25) is 0 Å². The third-order valence-electron chi connectivity index (χ3n) is 2.08. The summed E-state index contributed by atoms with van der Waals surface area (Å²) in [5.74, 6) is -0.625. The SMILES string of the molecule is CCOC(=O)[C@@H]1C[C@@H](O)ON1C(=O)OC(C)(C)C. The van der Waals surface area contributed by atoms with E-state index in [1.54, 1.807) is 27.7 Å². The number of aliphatic hydroxyl groups is 1. The monoisotopic (exact) mass is 261 g/mol. The van der Waals surface area contributed by atoms with E-state index in [1.165, 1.54) is 0 Å². The van der Waals surface area contributed by atoms with Gasteiger partial charge in [-0.1, -0.05) is 0 Å². The van der Waals surface area contributed by atoms with Crippen molar-refractivity contribution >= 4 is 12.1 Å². The topological polar surface area (TPSA) is 85.3 Å². The normalized spacial score (nSPS) is 23.9.